The Morgan fingerprint density at radius 2 is 0.625 bits per heavy atom. The van der Waals surface area contributed by atoms with Gasteiger partial charge in [0.2, 0.25) is 0 Å². The summed E-state index contributed by atoms with van der Waals surface area (Å²) in [7, 11) is -1.68. The molecule has 238 valence electrons. The Morgan fingerprint density at radius 3 is 0.925 bits per heavy atom. The summed E-state index contributed by atoms with van der Waals surface area (Å²) < 4.78 is 10.9. The Balaban J connectivity index is 3.22. The molecular weight excluding hydrogens is 511 g/mol. The highest BCUT2D eigenvalue weighted by Crippen LogP contribution is 2.33. The molecule has 0 fully saturated rings. The maximum absolute atomic E-state index is 9.91. The van der Waals surface area contributed by atoms with Crippen LogP contribution in [0.25, 0.3) is 0 Å². The molecule has 0 aliphatic carbocycles. The second-order valence-corrected chi connectivity index (χ2v) is 12.8. The average Bonchev–Trinajstić information content (AvgIpc) is 2.96. The highest BCUT2D eigenvalue weighted by atomic mass is 31.2. The quantitative estimate of drug-likeness (QED) is 0.0466. The SMILES string of the molecule is CCCCCCCC/C=C\CCCCCCCCOP(O)OCCCCCCCC/C=C/CCCCCCCC. The fourth-order valence-corrected chi connectivity index (χ4v) is 5.67. The van der Waals surface area contributed by atoms with Gasteiger partial charge in [0, 0.05) is 0 Å². The molecule has 3 nitrogen and oxygen atoms in total. The molecule has 40 heavy (non-hydrogen) atoms. The van der Waals surface area contributed by atoms with Crippen molar-refractivity contribution in [2.45, 2.75) is 194 Å². The van der Waals surface area contributed by atoms with Crippen molar-refractivity contribution in [3.63, 3.8) is 0 Å². The largest absolute Gasteiger partial charge is 0.329 e. The molecule has 0 heterocycles. The van der Waals surface area contributed by atoms with Gasteiger partial charge in [-0.25, -0.2) is 0 Å². The summed E-state index contributed by atoms with van der Waals surface area (Å²) in [6, 6.07) is 0. The summed E-state index contributed by atoms with van der Waals surface area (Å²) in [5, 5.41) is 0. The van der Waals surface area contributed by atoms with Crippen molar-refractivity contribution >= 4 is 8.60 Å². The molecule has 0 rings (SSSR count). The molecule has 0 aromatic rings. The zero-order valence-corrected chi connectivity index (χ0v) is 28.1. The molecule has 0 aromatic carbocycles. The van der Waals surface area contributed by atoms with Crippen LogP contribution < -0.4 is 0 Å². The van der Waals surface area contributed by atoms with Crippen LogP contribution >= 0.6 is 8.60 Å². The summed E-state index contributed by atoms with van der Waals surface area (Å²) in [5.41, 5.74) is 0. The highest BCUT2D eigenvalue weighted by Gasteiger charge is 2.05. The lowest BCUT2D eigenvalue weighted by molar-refractivity contribution is 0.193. The number of rotatable bonds is 34. The molecule has 0 saturated carbocycles. The third-order valence-electron chi connectivity index (χ3n) is 7.72. The van der Waals surface area contributed by atoms with Gasteiger partial charge in [0.15, 0.2) is 0 Å². The molecule has 0 radical (unpaired) electrons. The first-order valence-electron chi connectivity index (χ1n) is 17.9. The van der Waals surface area contributed by atoms with Gasteiger partial charge in [-0.2, -0.15) is 0 Å². The van der Waals surface area contributed by atoms with Crippen LogP contribution in [0.4, 0.5) is 0 Å². The second kappa shape index (κ2) is 36.8. The number of hydrogen-bond donors (Lipinski definition) is 1. The van der Waals surface area contributed by atoms with E-state index in [2.05, 4.69) is 38.2 Å². The van der Waals surface area contributed by atoms with Crippen molar-refractivity contribution < 1.29 is 13.9 Å². The summed E-state index contributed by atoms with van der Waals surface area (Å²) in [6.07, 6.45) is 46.1. The van der Waals surface area contributed by atoms with E-state index in [1.54, 1.807) is 0 Å². The van der Waals surface area contributed by atoms with E-state index in [1.807, 2.05) is 0 Å². The first-order valence-corrected chi connectivity index (χ1v) is 19.0. The van der Waals surface area contributed by atoms with Gasteiger partial charge >= 0.3 is 8.60 Å². The van der Waals surface area contributed by atoms with Crippen molar-refractivity contribution in [1.29, 1.82) is 0 Å². The third-order valence-corrected chi connectivity index (χ3v) is 8.52. The summed E-state index contributed by atoms with van der Waals surface area (Å²) >= 11 is 0. The lowest BCUT2D eigenvalue weighted by atomic mass is 10.1. The van der Waals surface area contributed by atoms with Crippen molar-refractivity contribution in [3.05, 3.63) is 24.3 Å². The van der Waals surface area contributed by atoms with E-state index >= 15 is 0 Å². The fourth-order valence-electron chi connectivity index (χ4n) is 5.02. The van der Waals surface area contributed by atoms with E-state index in [-0.39, 0.29) is 0 Å². The van der Waals surface area contributed by atoms with Crippen LogP contribution in [0.3, 0.4) is 0 Å². The van der Waals surface area contributed by atoms with Crippen LogP contribution in [0.15, 0.2) is 24.3 Å². The van der Waals surface area contributed by atoms with Gasteiger partial charge < -0.3 is 13.9 Å². The van der Waals surface area contributed by atoms with Gasteiger partial charge in [-0.05, 0) is 64.2 Å². The Kier molecular flexibility index (Phi) is 36.6. The number of allylic oxidation sites excluding steroid dienone is 4. The molecule has 1 atom stereocenters. The predicted molar refractivity (Wildman–Crippen MR) is 180 cm³/mol. The maximum Gasteiger partial charge on any atom is 0.329 e. The van der Waals surface area contributed by atoms with Gasteiger partial charge in [0.05, 0.1) is 13.2 Å². The summed E-state index contributed by atoms with van der Waals surface area (Å²) in [4.78, 5) is 9.91. The molecule has 1 N–H and O–H groups in total. The van der Waals surface area contributed by atoms with Gasteiger partial charge in [0.25, 0.3) is 0 Å². The van der Waals surface area contributed by atoms with Crippen LogP contribution in [-0.4, -0.2) is 18.1 Å². The van der Waals surface area contributed by atoms with Crippen molar-refractivity contribution in [2.75, 3.05) is 13.2 Å². The topological polar surface area (TPSA) is 38.7 Å². The van der Waals surface area contributed by atoms with Crippen LogP contribution in [-0.2, 0) is 9.05 Å². The molecule has 0 spiro atoms. The Morgan fingerprint density at radius 1 is 0.375 bits per heavy atom. The summed E-state index contributed by atoms with van der Waals surface area (Å²) in [5.74, 6) is 0. The third kappa shape index (κ3) is 35.8. The predicted octanol–water partition coefficient (Wildman–Crippen LogP) is 13.3. The summed E-state index contributed by atoms with van der Waals surface area (Å²) in [6.45, 7) is 5.80. The molecule has 1 unspecified atom stereocenters. The first kappa shape index (κ1) is 39.8. The Hall–Kier alpha value is -0.210. The maximum atomic E-state index is 9.91. The first-order chi connectivity index (χ1) is 19.8. The smallest absolute Gasteiger partial charge is 0.328 e. The second-order valence-electron chi connectivity index (χ2n) is 11.8. The molecule has 0 bridgehead atoms. The lowest BCUT2D eigenvalue weighted by Crippen LogP contribution is -1.95. The number of unbranched alkanes of at least 4 members (excludes halogenated alkanes) is 24. The van der Waals surface area contributed by atoms with E-state index in [0.29, 0.717) is 13.2 Å². The van der Waals surface area contributed by atoms with Crippen molar-refractivity contribution in [1.82, 2.24) is 0 Å². The Labute approximate surface area is 253 Å². The zero-order chi connectivity index (χ0) is 29.0. The van der Waals surface area contributed by atoms with E-state index in [0.717, 1.165) is 12.8 Å². The molecule has 0 aliphatic heterocycles. The number of hydrogen-bond acceptors (Lipinski definition) is 3. The van der Waals surface area contributed by atoms with Gasteiger partial charge in [0.1, 0.15) is 0 Å². The van der Waals surface area contributed by atoms with Gasteiger partial charge in [-0.3, -0.25) is 0 Å². The Bertz CT molecular complexity index is 464. The van der Waals surface area contributed by atoms with Crippen LogP contribution in [0.1, 0.15) is 194 Å². The molecule has 0 aliphatic rings. The monoisotopic (exact) mass is 583 g/mol. The van der Waals surface area contributed by atoms with Crippen molar-refractivity contribution in [2.24, 2.45) is 0 Å². The highest BCUT2D eigenvalue weighted by molar-refractivity contribution is 7.40. The van der Waals surface area contributed by atoms with Crippen LogP contribution in [0.2, 0.25) is 0 Å². The van der Waals surface area contributed by atoms with E-state index in [1.165, 1.54) is 167 Å². The minimum Gasteiger partial charge on any atom is -0.328 e. The lowest BCUT2D eigenvalue weighted by Gasteiger charge is -2.10. The standard InChI is InChI=1S/C36H71O3P/c1-3-5-7-9-11-13-15-17-19-21-23-25-27-29-31-33-35-38-40(37)39-36-34-32-30-28-26-24-22-20-18-16-14-12-10-8-6-4-2/h17-20,37H,3-16,21-36H2,1-2H3/b19-17-,20-18+. The minimum atomic E-state index is -1.68. The zero-order valence-electron chi connectivity index (χ0n) is 27.2. The molecule has 0 amide bonds. The fraction of sp³-hybridized carbons (Fsp3) is 0.889. The normalized spacial score (nSPS) is 12.8. The molecule has 0 aromatic heterocycles. The van der Waals surface area contributed by atoms with Crippen LogP contribution in [0.5, 0.6) is 0 Å². The molecule has 0 saturated heterocycles. The van der Waals surface area contributed by atoms with Gasteiger partial charge in [-0.1, -0.05) is 154 Å². The van der Waals surface area contributed by atoms with Gasteiger partial charge in [-0.15, -0.1) is 0 Å². The van der Waals surface area contributed by atoms with E-state index < -0.39 is 8.60 Å². The average molecular weight is 583 g/mol. The minimum absolute atomic E-state index is 0.622. The van der Waals surface area contributed by atoms with Crippen molar-refractivity contribution in [3.8, 4) is 0 Å². The molecular formula is C36H71O3P. The molecule has 4 heteroatoms. The van der Waals surface area contributed by atoms with E-state index in [4.69, 9.17) is 9.05 Å². The van der Waals surface area contributed by atoms with E-state index in [9.17, 15) is 4.89 Å². The van der Waals surface area contributed by atoms with Crippen LogP contribution in [0, 0.1) is 0 Å².